The maximum atomic E-state index is 4.26. The highest BCUT2D eigenvalue weighted by molar-refractivity contribution is 7.98. The second-order valence-corrected chi connectivity index (χ2v) is 4.49. The lowest BCUT2D eigenvalue weighted by Crippen LogP contribution is -2.30. The molecule has 0 bridgehead atoms. The highest BCUT2D eigenvalue weighted by Gasteiger charge is 2.06. The van der Waals surface area contributed by atoms with Crippen molar-refractivity contribution in [2.45, 2.75) is 39.4 Å². The van der Waals surface area contributed by atoms with Crippen molar-refractivity contribution in [2.24, 2.45) is 0 Å². The molecule has 1 aromatic rings. The molecule has 0 radical (unpaired) electrons. The summed E-state index contributed by atoms with van der Waals surface area (Å²) < 4.78 is 2.04. The first-order valence-electron chi connectivity index (χ1n) is 5.54. The third-order valence-corrected chi connectivity index (χ3v) is 3.27. The maximum absolute atomic E-state index is 4.26. The SMILES string of the molecule is CCC(CSC)NCc1ccnn1CC. The number of aryl methyl sites for hydroxylation is 1. The molecule has 0 aliphatic carbocycles. The van der Waals surface area contributed by atoms with Gasteiger partial charge < -0.3 is 5.32 Å². The number of nitrogens with one attached hydrogen (secondary N) is 1. The van der Waals surface area contributed by atoms with Crippen molar-refractivity contribution in [1.29, 1.82) is 0 Å². The van der Waals surface area contributed by atoms with Crippen molar-refractivity contribution >= 4 is 11.8 Å². The Hall–Kier alpha value is -0.480. The molecule has 1 aromatic heterocycles. The largest absolute Gasteiger partial charge is 0.308 e. The van der Waals surface area contributed by atoms with Gasteiger partial charge in [-0.2, -0.15) is 16.9 Å². The minimum atomic E-state index is 0.611. The van der Waals surface area contributed by atoms with Crippen LogP contribution in [-0.2, 0) is 13.1 Å². The Morgan fingerprint density at radius 1 is 1.53 bits per heavy atom. The van der Waals surface area contributed by atoms with Gasteiger partial charge in [-0.05, 0) is 25.7 Å². The lowest BCUT2D eigenvalue weighted by atomic mass is 10.2. The van der Waals surface area contributed by atoms with Gasteiger partial charge in [0.2, 0.25) is 0 Å². The highest BCUT2D eigenvalue weighted by atomic mass is 32.2. The quantitative estimate of drug-likeness (QED) is 0.774. The summed E-state index contributed by atoms with van der Waals surface area (Å²) in [4.78, 5) is 0. The fraction of sp³-hybridized carbons (Fsp3) is 0.727. The molecule has 1 heterocycles. The second kappa shape index (κ2) is 6.90. The van der Waals surface area contributed by atoms with Crippen molar-refractivity contribution in [3.8, 4) is 0 Å². The smallest absolute Gasteiger partial charge is 0.0522 e. The molecule has 15 heavy (non-hydrogen) atoms. The summed E-state index contributed by atoms with van der Waals surface area (Å²) in [6, 6.07) is 2.70. The van der Waals surface area contributed by atoms with Crippen LogP contribution in [0.3, 0.4) is 0 Å². The van der Waals surface area contributed by atoms with E-state index in [0.29, 0.717) is 6.04 Å². The molecule has 1 atom stereocenters. The molecule has 0 spiro atoms. The molecule has 3 nitrogen and oxygen atoms in total. The molecular formula is C11H21N3S. The first kappa shape index (κ1) is 12.6. The molecule has 0 aromatic carbocycles. The van der Waals surface area contributed by atoms with Gasteiger partial charge in [-0.3, -0.25) is 4.68 Å². The van der Waals surface area contributed by atoms with Crippen molar-refractivity contribution < 1.29 is 0 Å². The third kappa shape index (κ3) is 3.87. The summed E-state index contributed by atoms with van der Waals surface area (Å²) in [5.74, 6) is 1.18. The van der Waals surface area contributed by atoms with E-state index in [9.17, 15) is 0 Å². The minimum Gasteiger partial charge on any atom is -0.308 e. The number of hydrogen-bond acceptors (Lipinski definition) is 3. The summed E-state index contributed by atoms with van der Waals surface area (Å²) >= 11 is 1.90. The van der Waals surface area contributed by atoms with Crippen LogP contribution in [0.5, 0.6) is 0 Å². The molecular weight excluding hydrogens is 206 g/mol. The third-order valence-electron chi connectivity index (χ3n) is 2.54. The van der Waals surface area contributed by atoms with Crippen molar-refractivity contribution in [2.75, 3.05) is 12.0 Å². The minimum absolute atomic E-state index is 0.611. The lowest BCUT2D eigenvalue weighted by molar-refractivity contribution is 0.511. The van der Waals surface area contributed by atoms with Gasteiger partial charge >= 0.3 is 0 Å². The molecule has 86 valence electrons. The predicted octanol–water partition coefficient (Wildman–Crippen LogP) is 2.13. The zero-order chi connectivity index (χ0) is 11.1. The maximum Gasteiger partial charge on any atom is 0.0522 e. The van der Waals surface area contributed by atoms with Gasteiger partial charge in [0.15, 0.2) is 0 Å². The molecule has 4 heteroatoms. The van der Waals surface area contributed by atoms with Gasteiger partial charge in [0, 0.05) is 31.1 Å². The van der Waals surface area contributed by atoms with Crippen molar-refractivity contribution in [1.82, 2.24) is 15.1 Å². The monoisotopic (exact) mass is 227 g/mol. The fourth-order valence-electron chi connectivity index (χ4n) is 1.57. The number of nitrogens with zero attached hydrogens (tertiary/aromatic N) is 2. The summed E-state index contributed by atoms with van der Waals surface area (Å²) in [6.45, 7) is 6.22. The van der Waals surface area contributed by atoms with Gasteiger partial charge in [0.1, 0.15) is 0 Å². The van der Waals surface area contributed by atoms with Crippen LogP contribution in [0.1, 0.15) is 26.0 Å². The molecule has 0 saturated heterocycles. The van der Waals surface area contributed by atoms with E-state index >= 15 is 0 Å². The zero-order valence-corrected chi connectivity index (χ0v) is 10.7. The Bertz CT molecular complexity index is 273. The van der Waals surface area contributed by atoms with E-state index in [1.54, 1.807) is 0 Å². The van der Waals surface area contributed by atoms with Crippen molar-refractivity contribution in [3.63, 3.8) is 0 Å². The van der Waals surface area contributed by atoms with Crippen LogP contribution < -0.4 is 5.32 Å². The van der Waals surface area contributed by atoms with Gasteiger partial charge in [-0.1, -0.05) is 6.92 Å². The van der Waals surface area contributed by atoms with E-state index in [-0.39, 0.29) is 0 Å². The van der Waals surface area contributed by atoms with E-state index in [4.69, 9.17) is 0 Å². The van der Waals surface area contributed by atoms with E-state index in [1.807, 2.05) is 22.6 Å². The Balaban J connectivity index is 2.41. The summed E-state index contributed by atoms with van der Waals surface area (Å²) in [5.41, 5.74) is 1.28. The Morgan fingerprint density at radius 3 is 2.93 bits per heavy atom. The van der Waals surface area contributed by atoms with Gasteiger partial charge in [0.25, 0.3) is 0 Å². The molecule has 1 N–H and O–H groups in total. The van der Waals surface area contributed by atoms with Crippen LogP contribution >= 0.6 is 11.8 Å². The average Bonchev–Trinajstić information content (AvgIpc) is 2.71. The number of aromatic nitrogens is 2. The molecule has 0 fully saturated rings. The van der Waals surface area contributed by atoms with Gasteiger partial charge in [0.05, 0.1) is 5.69 Å². The van der Waals surface area contributed by atoms with Crippen LogP contribution in [0.15, 0.2) is 12.3 Å². The topological polar surface area (TPSA) is 29.9 Å². The first-order valence-corrected chi connectivity index (χ1v) is 6.94. The molecule has 1 unspecified atom stereocenters. The summed E-state index contributed by atoms with van der Waals surface area (Å²) in [7, 11) is 0. The average molecular weight is 227 g/mol. The van der Waals surface area contributed by atoms with E-state index < -0.39 is 0 Å². The fourth-order valence-corrected chi connectivity index (χ4v) is 2.32. The molecule has 1 rings (SSSR count). The molecule has 0 aliphatic rings. The zero-order valence-electron chi connectivity index (χ0n) is 9.86. The second-order valence-electron chi connectivity index (χ2n) is 3.58. The van der Waals surface area contributed by atoms with Gasteiger partial charge in [-0.25, -0.2) is 0 Å². The van der Waals surface area contributed by atoms with Crippen molar-refractivity contribution in [3.05, 3.63) is 18.0 Å². The number of rotatable bonds is 7. The van der Waals surface area contributed by atoms with Crippen LogP contribution in [0, 0.1) is 0 Å². The molecule has 0 amide bonds. The van der Waals surface area contributed by atoms with E-state index in [2.05, 4.69) is 36.6 Å². The first-order chi connectivity index (χ1) is 7.31. The molecule has 0 saturated carbocycles. The highest BCUT2D eigenvalue weighted by Crippen LogP contribution is 2.04. The predicted molar refractivity (Wildman–Crippen MR) is 67.2 cm³/mol. The van der Waals surface area contributed by atoms with Crippen LogP contribution in [0.25, 0.3) is 0 Å². The van der Waals surface area contributed by atoms with E-state index in [0.717, 1.165) is 13.1 Å². The Morgan fingerprint density at radius 2 is 2.33 bits per heavy atom. The number of thioether (sulfide) groups is 1. The normalized spacial score (nSPS) is 13.0. The van der Waals surface area contributed by atoms with E-state index in [1.165, 1.54) is 17.9 Å². The van der Waals surface area contributed by atoms with Crippen LogP contribution in [-0.4, -0.2) is 27.8 Å². The lowest BCUT2D eigenvalue weighted by Gasteiger charge is -2.15. The molecule has 0 aliphatic heterocycles. The van der Waals surface area contributed by atoms with Crippen LogP contribution in [0.2, 0.25) is 0 Å². The Labute approximate surface area is 96.6 Å². The van der Waals surface area contributed by atoms with Crippen LogP contribution in [0.4, 0.5) is 0 Å². The Kier molecular flexibility index (Phi) is 5.79. The summed E-state index contributed by atoms with van der Waals surface area (Å²) in [5, 5.41) is 7.82. The van der Waals surface area contributed by atoms with Gasteiger partial charge in [-0.15, -0.1) is 0 Å². The standard InChI is InChI=1S/C11H21N3S/c1-4-10(9-15-3)12-8-11-6-7-13-14(11)5-2/h6-7,10,12H,4-5,8-9H2,1-3H3. The number of hydrogen-bond donors (Lipinski definition) is 1. The summed E-state index contributed by atoms with van der Waals surface area (Å²) in [6.07, 6.45) is 5.21.